The summed E-state index contributed by atoms with van der Waals surface area (Å²) in [5.74, 6) is -1.76. The molecule has 1 amide bonds. The predicted octanol–water partition coefficient (Wildman–Crippen LogP) is 5.71. The number of rotatable bonds is 8. The largest absolute Gasteiger partial charge is 0.452 e. The quantitative estimate of drug-likeness (QED) is 0.357. The number of anilines is 2. The first kappa shape index (κ1) is 27.5. The van der Waals surface area contributed by atoms with Gasteiger partial charge in [0.2, 0.25) is 5.95 Å². The highest BCUT2D eigenvalue weighted by Gasteiger charge is 2.36. The van der Waals surface area contributed by atoms with Gasteiger partial charge in [0, 0.05) is 25.0 Å². The van der Waals surface area contributed by atoms with E-state index in [2.05, 4.69) is 30.3 Å². The molecule has 1 atom stereocenters. The third-order valence-corrected chi connectivity index (χ3v) is 4.45. The molecule has 0 fully saturated rings. The van der Waals surface area contributed by atoms with Crippen LogP contribution in [0, 0.1) is 0 Å². The Morgan fingerprint density at radius 1 is 0.946 bits per heavy atom. The van der Waals surface area contributed by atoms with Crippen LogP contribution in [-0.4, -0.2) is 33.6 Å². The molecule has 0 saturated carbocycles. The molecule has 2 aromatic heterocycles. The van der Waals surface area contributed by atoms with E-state index in [1.165, 1.54) is 0 Å². The van der Waals surface area contributed by atoms with Gasteiger partial charge in [0.05, 0.1) is 17.3 Å². The van der Waals surface area contributed by atoms with Crippen LogP contribution in [0.5, 0.6) is 5.75 Å². The molecule has 1 aromatic carbocycles. The number of alkyl halides is 9. The number of hydrogen-bond donors (Lipinski definition) is 2. The van der Waals surface area contributed by atoms with Crippen molar-refractivity contribution in [2.75, 3.05) is 10.6 Å². The molecule has 0 radical (unpaired) electrons. The predicted molar refractivity (Wildman–Crippen MR) is 110 cm³/mol. The van der Waals surface area contributed by atoms with Gasteiger partial charge in [-0.1, -0.05) is 0 Å². The number of nitrogens with one attached hydrogen (secondary N) is 2. The van der Waals surface area contributed by atoms with E-state index in [-0.39, 0.29) is 23.4 Å². The highest BCUT2D eigenvalue weighted by atomic mass is 19.4. The number of halogens is 9. The zero-order valence-corrected chi connectivity index (χ0v) is 18.0. The van der Waals surface area contributed by atoms with Gasteiger partial charge in [-0.2, -0.15) is 30.7 Å². The second-order valence-corrected chi connectivity index (χ2v) is 7.16. The van der Waals surface area contributed by atoms with E-state index in [1.807, 2.05) is 0 Å². The van der Waals surface area contributed by atoms with E-state index in [1.54, 1.807) is 0 Å². The Kier molecular flexibility index (Phi) is 8.08. The summed E-state index contributed by atoms with van der Waals surface area (Å²) in [6.07, 6.45) is -13.4. The fourth-order valence-electron chi connectivity index (χ4n) is 2.81. The van der Waals surface area contributed by atoms with Gasteiger partial charge in [-0.3, -0.25) is 9.78 Å². The van der Waals surface area contributed by atoms with E-state index in [0.29, 0.717) is 12.1 Å². The van der Waals surface area contributed by atoms with Crippen LogP contribution in [0.15, 0.2) is 48.9 Å². The normalized spacial score (nSPS) is 12.8. The third-order valence-electron chi connectivity index (χ3n) is 4.45. The number of nitrogens with zero attached hydrogens (tertiary/aromatic N) is 3. The Bertz CT molecular complexity index is 1220. The van der Waals surface area contributed by atoms with Crippen LogP contribution < -0.4 is 15.4 Å². The average molecular weight is 539 g/mol. The number of ether oxygens (including phenoxy) is 1. The van der Waals surface area contributed by atoms with E-state index >= 15 is 0 Å². The smallest absolute Gasteiger partial charge is 0.416 e. The molecule has 0 aliphatic heterocycles. The molecule has 2 heterocycles. The summed E-state index contributed by atoms with van der Waals surface area (Å²) in [4.78, 5) is 23.7. The molecule has 0 aliphatic rings. The molecule has 0 spiro atoms. The summed E-state index contributed by atoms with van der Waals surface area (Å²) in [7, 11) is 0. The SMILES string of the molecule is O=C(Nc1cnccc1OC(F)C(F)F)c1ccnc(NCc2cc(C(F)(F)F)cc(C(F)(F)F)c2)n1. The molecule has 0 bridgehead atoms. The molecule has 3 rings (SSSR count). The monoisotopic (exact) mass is 539 g/mol. The van der Waals surface area contributed by atoms with Crippen LogP contribution in [-0.2, 0) is 18.9 Å². The lowest BCUT2D eigenvalue weighted by molar-refractivity contribution is -0.143. The lowest BCUT2D eigenvalue weighted by Crippen LogP contribution is -2.21. The number of pyridine rings is 1. The minimum atomic E-state index is -5.03. The fraction of sp³-hybridized carbons (Fsp3) is 0.238. The number of benzene rings is 1. The summed E-state index contributed by atoms with van der Waals surface area (Å²) in [6, 6.07) is 3.12. The highest BCUT2D eigenvalue weighted by molar-refractivity contribution is 6.03. The molecule has 16 heteroatoms. The van der Waals surface area contributed by atoms with E-state index < -0.39 is 60.0 Å². The number of hydrogen-bond acceptors (Lipinski definition) is 6. The summed E-state index contributed by atoms with van der Waals surface area (Å²) in [5.41, 5.74) is -4.04. The minimum Gasteiger partial charge on any atom is -0.452 e. The standard InChI is InChI=1S/C21H14F9N5O2/c22-16(23)17(24)37-15-2-3-31-9-14(15)34-18(36)13-1-4-32-19(35-13)33-8-10-5-11(20(25,26)27)7-12(6-10)21(28,29)30/h1-7,9,16-17H,8H2,(H,34,36)(H,32,33,35). The molecule has 2 N–H and O–H groups in total. The Hall–Kier alpha value is -4.11. The number of amides is 1. The molecular formula is C21H14F9N5O2. The second kappa shape index (κ2) is 10.9. The van der Waals surface area contributed by atoms with E-state index in [9.17, 15) is 44.3 Å². The summed E-state index contributed by atoms with van der Waals surface area (Å²) < 4.78 is 121. The van der Waals surface area contributed by atoms with E-state index in [0.717, 1.165) is 30.7 Å². The molecule has 0 aliphatic carbocycles. The van der Waals surface area contributed by atoms with Crippen molar-refractivity contribution in [3.63, 3.8) is 0 Å². The van der Waals surface area contributed by atoms with Crippen molar-refractivity contribution in [1.29, 1.82) is 0 Å². The van der Waals surface area contributed by atoms with Crippen LogP contribution in [0.1, 0.15) is 27.2 Å². The first-order chi connectivity index (χ1) is 17.2. The lowest BCUT2D eigenvalue weighted by Gasteiger charge is -2.15. The van der Waals surface area contributed by atoms with Crippen molar-refractivity contribution in [2.45, 2.75) is 31.7 Å². The first-order valence-corrected chi connectivity index (χ1v) is 9.93. The molecule has 3 aromatic rings. The van der Waals surface area contributed by atoms with E-state index in [4.69, 9.17) is 0 Å². The van der Waals surface area contributed by atoms with Crippen LogP contribution in [0.25, 0.3) is 0 Å². The van der Waals surface area contributed by atoms with Crippen LogP contribution in [0.2, 0.25) is 0 Å². The lowest BCUT2D eigenvalue weighted by atomic mass is 10.0. The Morgan fingerprint density at radius 3 is 2.19 bits per heavy atom. The maximum absolute atomic E-state index is 13.3. The van der Waals surface area contributed by atoms with Crippen molar-refractivity contribution in [2.24, 2.45) is 0 Å². The van der Waals surface area contributed by atoms with Crippen molar-refractivity contribution in [3.8, 4) is 5.75 Å². The molecule has 198 valence electrons. The summed E-state index contributed by atoms with van der Waals surface area (Å²) >= 11 is 0. The zero-order chi connectivity index (χ0) is 27.4. The first-order valence-electron chi connectivity index (χ1n) is 9.93. The Balaban J connectivity index is 1.76. The highest BCUT2D eigenvalue weighted by Crippen LogP contribution is 2.36. The van der Waals surface area contributed by atoms with Crippen molar-refractivity contribution in [1.82, 2.24) is 15.0 Å². The molecule has 37 heavy (non-hydrogen) atoms. The van der Waals surface area contributed by atoms with Gasteiger partial charge in [-0.15, -0.1) is 0 Å². The number of carbonyl (C=O) groups excluding carboxylic acids is 1. The maximum Gasteiger partial charge on any atom is 0.416 e. The maximum atomic E-state index is 13.3. The molecule has 7 nitrogen and oxygen atoms in total. The Morgan fingerprint density at radius 2 is 1.59 bits per heavy atom. The van der Waals surface area contributed by atoms with Gasteiger partial charge in [0.25, 0.3) is 12.3 Å². The van der Waals surface area contributed by atoms with Crippen molar-refractivity contribution in [3.05, 3.63) is 71.3 Å². The number of aromatic nitrogens is 3. The van der Waals surface area contributed by atoms with Crippen LogP contribution >= 0.6 is 0 Å². The van der Waals surface area contributed by atoms with Gasteiger partial charge in [-0.25, -0.2) is 18.7 Å². The van der Waals surface area contributed by atoms with Crippen LogP contribution in [0.3, 0.4) is 0 Å². The topological polar surface area (TPSA) is 89.0 Å². The van der Waals surface area contributed by atoms with Gasteiger partial charge < -0.3 is 15.4 Å². The van der Waals surface area contributed by atoms with Crippen molar-refractivity contribution >= 4 is 17.5 Å². The Labute approximate surface area is 201 Å². The average Bonchev–Trinajstić information content (AvgIpc) is 2.82. The molecule has 1 unspecified atom stereocenters. The van der Waals surface area contributed by atoms with Gasteiger partial charge >= 0.3 is 18.8 Å². The fourth-order valence-corrected chi connectivity index (χ4v) is 2.81. The number of carbonyl (C=O) groups is 1. The summed E-state index contributed by atoms with van der Waals surface area (Å²) in [6.45, 7) is -0.565. The van der Waals surface area contributed by atoms with Gasteiger partial charge in [0.1, 0.15) is 17.1 Å². The molecular weight excluding hydrogens is 525 g/mol. The third kappa shape index (κ3) is 7.44. The van der Waals surface area contributed by atoms with Crippen LogP contribution in [0.4, 0.5) is 51.1 Å². The second-order valence-electron chi connectivity index (χ2n) is 7.16. The van der Waals surface area contributed by atoms with Crippen molar-refractivity contribution < 1.29 is 49.0 Å². The minimum absolute atomic E-state index is 0.0200. The molecule has 0 saturated heterocycles. The zero-order valence-electron chi connectivity index (χ0n) is 18.0. The van der Waals surface area contributed by atoms with Gasteiger partial charge in [-0.05, 0) is 29.8 Å². The summed E-state index contributed by atoms with van der Waals surface area (Å²) in [5, 5.41) is 4.63. The van der Waals surface area contributed by atoms with Gasteiger partial charge in [0.15, 0.2) is 0 Å².